The van der Waals surface area contributed by atoms with Gasteiger partial charge < -0.3 is 10.1 Å². The van der Waals surface area contributed by atoms with E-state index in [1.807, 2.05) is 51.1 Å². The summed E-state index contributed by atoms with van der Waals surface area (Å²) >= 11 is 12.9. The molecule has 1 saturated heterocycles. The van der Waals surface area contributed by atoms with Crippen LogP contribution in [-0.4, -0.2) is 22.7 Å². The number of nitrogens with one attached hydrogen (secondary N) is 1. The number of thiocarbonyl (C=S) groups is 1. The summed E-state index contributed by atoms with van der Waals surface area (Å²) < 4.78 is 6.11. The molecule has 4 rings (SSSR count). The van der Waals surface area contributed by atoms with Crippen molar-refractivity contribution in [2.24, 2.45) is 0 Å². The number of carbonyl (C=O) groups excluding carboxylic acids is 2. The predicted octanol–water partition coefficient (Wildman–Crippen LogP) is 6.69. The second-order valence-corrected chi connectivity index (χ2v) is 10.2. The summed E-state index contributed by atoms with van der Waals surface area (Å²) in [6.45, 7) is 5.69. The smallest absolute Gasteiger partial charge is 0.270 e. The fourth-order valence-corrected chi connectivity index (χ4v) is 5.08. The third kappa shape index (κ3) is 5.75. The van der Waals surface area contributed by atoms with Gasteiger partial charge in [-0.15, -0.1) is 0 Å². The van der Waals surface area contributed by atoms with Crippen LogP contribution < -0.4 is 15.0 Å². The maximum atomic E-state index is 13.1. The number of aryl methyl sites for hydroxylation is 2. The normalized spacial score (nSPS) is 14.5. The minimum atomic E-state index is -0.283. The molecule has 5 nitrogen and oxygen atoms in total. The van der Waals surface area contributed by atoms with Crippen LogP contribution in [0.5, 0.6) is 5.75 Å². The zero-order valence-electron chi connectivity index (χ0n) is 19.4. The highest BCUT2D eigenvalue weighted by molar-refractivity contribution is 8.27. The lowest BCUT2D eigenvalue weighted by molar-refractivity contribution is -0.118. The zero-order chi connectivity index (χ0) is 25.1. The Hall–Kier alpha value is -3.13. The zero-order valence-corrected chi connectivity index (χ0v) is 21.8. The van der Waals surface area contributed by atoms with Crippen molar-refractivity contribution in [1.82, 2.24) is 0 Å². The first-order valence-electron chi connectivity index (χ1n) is 10.9. The topological polar surface area (TPSA) is 58.6 Å². The van der Waals surface area contributed by atoms with Crippen molar-refractivity contribution < 1.29 is 14.3 Å². The van der Waals surface area contributed by atoms with Crippen LogP contribution in [0.4, 0.5) is 11.4 Å². The van der Waals surface area contributed by atoms with Gasteiger partial charge >= 0.3 is 0 Å². The van der Waals surface area contributed by atoms with E-state index < -0.39 is 0 Å². The highest BCUT2D eigenvalue weighted by Crippen LogP contribution is 2.37. The summed E-state index contributed by atoms with van der Waals surface area (Å²) in [6.07, 6.45) is 1.81. The minimum absolute atomic E-state index is 0.139. The van der Waals surface area contributed by atoms with Gasteiger partial charge in [-0.3, -0.25) is 14.5 Å². The fraction of sp³-hybridized carbons (Fsp3) is 0.148. The van der Waals surface area contributed by atoms with E-state index in [0.717, 1.165) is 27.9 Å². The Bertz CT molecular complexity index is 1350. The van der Waals surface area contributed by atoms with Crippen molar-refractivity contribution in [3.63, 3.8) is 0 Å². The van der Waals surface area contributed by atoms with Gasteiger partial charge in [0.15, 0.2) is 10.9 Å². The van der Waals surface area contributed by atoms with Crippen molar-refractivity contribution in [3.05, 3.63) is 92.8 Å². The van der Waals surface area contributed by atoms with E-state index in [1.54, 1.807) is 41.3 Å². The molecule has 0 aromatic heterocycles. The van der Waals surface area contributed by atoms with Crippen LogP contribution in [0.3, 0.4) is 0 Å². The largest absolute Gasteiger partial charge is 0.484 e. The lowest BCUT2D eigenvalue weighted by atomic mass is 10.1. The lowest BCUT2D eigenvalue weighted by Gasteiger charge is -2.17. The predicted molar refractivity (Wildman–Crippen MR) is 148 cm³/mol. The number of halogens is 1. The van der Waals surface area contributed by atoms with Crippen LogP contribution in [-0.2, 0) is 9.59 Å². The molecule has 0 spiro atoms. The maximum Gasteiger partial charge on any atom is 0.270 e. The fourth-order valence-electron chi connectivity index (χ4n) is 3.62. The molecule has 35 heavy (non-hydrogen) atoms. The average Bonchev–Trinajstić information content (AvgIpc) is 3.09. The first kappa shape index (κ1) is 25.0. The first-order valence-corrected chi connectivity index (χ1v) is 12.5. The summed E-state index contributed by atoms with van der Waals surface area (Å²) in [7, 11) is 0. The molecule has 1 N–H and O–H groups in total. The first-order chi connectivity index (χ1) is 16.7. The third-order valence-corrected chi connectivity index (χ3v) is 7.19. The van der Waals surface area contributed by atoms with Gasteiger partial charge in [0.1, 0.15) is 5.75 Å². The highest BCUT2D eigenvalue weighted by atomic mass is 35.5. The van der Waals surface area contributed by atoms with Crippen LogP contribution in [0.1, 0.15) is 22.3 Å². The molecule has 0 bridgehead atoms. The Morgan fingerprint density at radius 2 is 1.86 bits per heavy atom. The molecular formula is C27H23ClN2O3S2. The van der Waals surface area contributed by atoms with E-state index in [4.69, 9.17) is 28.6 Å². The second-order valence-electron chi connectivity index (χ2n) is 8.13. The van der Waals surface area contributed by atoms with Crippen LogP contribution in [0.25, 0.3) is 6.08 Å². The summed E-state index contributed by atoms with van der Waals surface area (Å²) in [5, 5.41) is 3.39. The molecule has 1 aliphatic heterocycles. The second kappa shape index (κ2) is 10.6. The van der Waals surface area contributed by atoms with E-state index >= 15 is 0 Å². The molecule has 1 aliphatic rings. The lowest BCUT2D eigenvalue weighted by Crippen LogP contribution is -2.28. The number of anilines is 2. The van der Waals surface area contributed by atoms with E-state index in [-0.39, 0.29) is 18.4 Å². The molecule has 0 unspecified atom stereocenters. The van der Waals surface area contributed by atoms with Gasteiger partial charge in [-0.2, -0.15) is 0 Å². The molecule has 3 aromatic carbocycles. The van der Waals surface area contributed by atoms with E-state index in [0.29, 0.717) is 25.7 Å². The number of amides is 2. The quantitative estimate of drug-likeness (QED) is 0.289. The average molecular weight is 523 g/mol. The standard InChI is InChI=1S/C27H23ClN2O3S2/c1-16-7-12-23(17(2)13-16)30-26(32)24(35-27(30)34)14-19-8-10-20(11-9-19)33-15-25(31)29-22-6-4-5-21(28)18(22)3/h4-14H,15H2,1-3H3,(H,29,31)/b24-14-. The number of hydrogen-bond donors (Lipinski definition) is 1. The van der Waals surface area contributed by atoms with E-state index in [1.165, 1.54) is 11.8 Å². The van der Waals surface area contributed by atoms with E-state index in [9.17, 15) is 9.59 Å². The van der Waals surface area contributed by atoms with Gasteiger partial charge in [-0.05, 0) is 73.9 Å². The van der Waals surface area contributed by atoms with Gasteiger partial charge in [-0.1, -0.05) is 71.5 Å². The molecule has 2 amide bonds. The van der Waals surface area contributed by atoms with Crippen molar-refractivity contribution >= 4 is 69.2 Å². The maximum absolute atomic E-state index is 13.1. The van der Waals surface area contributed by atoms with Gasteiger partial charge in [-0.25, -0.2) is 0 Å². The van der Waals surface area contributed by atoms with Gasteiger partial charge in [0.25, 0.3) is 11.8 Å². The number of ether oxygens (including phenoxy) is 1. The Balaban J connectivity index is 1.39. The monoisotopic (exact) mass is 522 g/mol. The number of thioether (sulfide) groups is 1. The molecule has 8 heteroatoms. The molecule has 3 aromatic rings. The van der Waals surface area contributed by atoms with Gasteiger partial charge in [0.05, 0.1) is 10.6 Å². The third-order valence-electron chi connectivity index (χ3n) is 5.48. The van der Waals surface area contributed by atoms with Crippen molar-refractivity contribution in [3.8, 4) is 5.75 Å². The Labute approximate surface area is 219 Å². The summed E-state index contributed by atoms with van der Waals surface area (Å²) in [4.78, 5) is 27.5. The van der Waals surface area contributed by atoms with Crippen LogP contribution >= 0.6 is 35.6 Å². The Morgan fingerprint density at radius 1 is 1.11 bits per heavy atom. The highest BCUT2D eigenvalue weighted by Gasteiger charge is 2.34. The number of benzene rings is 3. The molecule has 1 heterocycles. The van der Waals surface area contributed by atoms with Crippen LogP contribution in [0, 0.1) is 20.8 Å². The number of rotatable bonds is 6. The Kier molecular flexibility index (Phi) is 7.60. The van der Waals surface area contributed by atoms with Crippen molar-refractivity contribution in [2.45, 2.75) is 20.8 Å². The molecule has 0 radical (unpaired) electrons. The molecule has 0 aliphatic carbocycles. The van der Waals surface area contributed by atoms with Crippen LogP contribution in [0.15, 0.2) is 65.6 Å². The molecule has 0 atom stereocenters. The van der Waals surface area contributed by atoms with E-state index in [2.05, 4.69) is 5.32 Å². The number of carbonyl (C=O) groups is 2. The van der Waals surface area contributed by atoms with Gasteiger partial charge in [0, 0.05) is 10.7 Å². The summed E-state index contributed by atoms with van der Waals surface area (Å²) in [5.41, 5.74) is 5.22. The summed E-state index contributed by atoms with van der Waals surface area (Å²) in [6, 6.07) is 18.4. The van der Waals surface area contributed by atoms with Crippen LogP contribution in [0.2, 0.25) is 5.02 Å². The van der Waals surface area contributed by atoms with Crippen molar-refractivity contribution in [2.75, 3.05) is 16.8 Å². The molecular weight excluding hydrogens is 500 g/mol. The SMILES string of the molecule is Cc1ccc(N2C(=O)/C(=C/c3ccc(OCC(=O)Nc4cccc(Cl)c4C)cc3)SC2=S)c(C)c1. The minimum Gasteiger partial charge on any atom is -0.484 e. The number of hydrogen-bond acceptors (Lipinski definition) is 5. The Morgan fingerprint density at radius 3 is 2.57 bits per heavy atom. The number of nitrogens with zero attached hydrogens (tertiary/aromatic N) is 1. The summed E-state index contributed by atoms with van der Waals surface area (Å²) in [5.74, 6) is 0.123. The molecule has 0 saturated carbocycles. The van der Waals surface area contributed by atoms with Crippen molar-refractivity contribution in [1.29, 1.82) is 0 Å². The molecule has 1 fully saturated rings. The molecule has 178 valence electrons. The van der Waals surface area contributed by atoms with Gasteiger partial charge in [0.2, 0.25) is 0 Å².